The lowest BCUT2D eigenvalue weighted by Gasteiger charge is -2.36. The number of hydrogen-bond donors (Lipinski definition) is 1. The van der Waals surface area contributed by atoms with E-state index in [1.54, 1.807) is 0 Å². The number of aliphatic carboxylic acids is 1. The van der Waals surface area contributed by atoms with Crippen LogP contribution in [0, 0.1) is 5.92 Å². The van der Waals surface area contributed by atoms with Crippen LogP contribution in [0.2, 0.25) is 0 Å². The molecular formula is C16H27ClN2O4. The molecule has 4 unspecified atom stereocenters. The Morgan fingerprint density at radius 3 is 2.70 bits per heavy atom. The van der Waals surface area contributed by atoms with Gasteiger partial charge in [-0.15, -0.1) is 12.4 Å². The molecular weight excluding hydrogens is 320 g/mol. The van der Waals surface area contributed by atoms with Gasteiger partial charge in [-0.3, -0.25) is 14.5 Å². The normalized spacial score (nSPS) is 34.6. The van der Waals surface area contributed by atoms with E-state index in [-0.39, 0.29) is 37.0 Å². The Morgan fingerprint density at radius 1 is 1.26 bits per heavy atom. The smallest absolute Gasteiger partial charge is 0.320 e. The van der Waals surface area contributed by atoms with Crippen molar-refractivity contribution in [1.29, 1.82) is 0 Å². The van der Waals surface area contributed by atoms with Crippen molar-refractivity contribution in [2.45, 2.75) is 57.2 Å². The number of fused-ring (bicyclic) bond motifs is 1. The maximum atomic E-state index is 12.6. The first-order chi connectivity index (χ1) is 10.6. The maximum Gasteiger partial charge on any atom is 0.320 e. The molecule has 7 heteroatoms. The number of nitrogens with zero attached hydrogens (tertiary/aromatic N) is 2. The third-order valence-corrected chi connectivity index (χ3v) is 5.42. The van der Waals surface area contributed by atoms with Crippen molar-refractivity contribution in [2.75, 3.05) is 26.2 Å². The van der Waals surface area contributed by atoms with E-state index >= 15 is 0 Å². The van der Waals surface area contributed by atoms with Gasteiger partial charge in [0.25, 0.3) is 0 Å². The SMILES string of the molecule is CC1CN(C(=O)CN2C(C(=O)O)CC3CCCCC32)CCO1.Cl. The van der Waals surface area contributed by atoms with Gasteiger partial charge in [-0.1, -0.05) is 12.8 Å². The van der Waals surface area contributed by atoms with E-state index < -0.39 is 12.0 Å². The van der Waals surface area contributed by atoms with Crippen molar-refractivity contribution in [2.24, 2.45) is 5.92 Å². The van der Waals surface area contributed by atoms with Crippen LogP contribution < -0.4 is 0 Å². The van der Waals surface area contributed by atoms with Crippen molar-refractivity contribution in [1.82, 2.24) is 9.80 Å². The molecule has 1 aliphatic carbocycles. The summed E-state index contributed by atoms with van der Waals surface area (Å²) in [5, 5.41) is 9.51. The van der Waals surface area contributed by atoms with Gasteiger partial charge >= 0.3 is 5.97 Å². The molecule has 0 radical (unpaired) electrons. The summed E-state index contributed by atoms with van der Waals surface area (Å²) >= 11 is 0. The summed E-state index contributed by atoms with van der Waals surface area (Å²) in [7, 11) is 0. The third-order valence-electron chi connectivity index (χ3n) is 5.42. The Balaban J connectivity index is 0.00000192. The Morgan fingerprint density at radius 2 is 2.00 bits per heavy atom. The number of morpholine rings is 1. The highest BCUT2D eigenvalue weighted by atomic mass is 35.5. The molecule has 6 nitrogen and oxygen atoms in total. The predicted molar refractivity (Wildman–Crippen MR) is 87.7 cm³/mol. The van der Waals surface area contributed by atoms with Crippen LogP contribution in [0.1, 0.15) is 39.0 Å². The van der Waals surface area contributed by atoms with Gasteiger partial charge in [-0.05, 0) is 32.1 Å². The van der Waals surface area contributed by atoms with Crippen LogP contribution in [0.5, 0.6) is 0 Å². The summed E-state index contributed by atoms with van der Waals surface area (Å²) in [6.45, 7) is 4.00. The summed E-state index contributed by atoms with van der Waals surface area (Å²) < 4.78 is 5.47. The number of carbonyl (C=O) groups excluding carboxylic acids is 1. The van der Waals surface area contributed by atoms with Crippen molar-refractivity contribution in [3.05, 3.63) is 0 Å². The van der Waals surface area contributed by atoms with E-state index in [9.17, 15) is 14.7 Å². The molecule has 0 aromatic heterocycles. The highest BCUT2D eigenvalue weighted by Gasteiger charge is 2.46. The fraction of sp³-hybridized carbons (Fsp3) is 0.875. The van der Waals surface area contributed by atoms with E-state index in [1.807, 2.05) is 16.7 Å². The molecule has 23 heavy (non-hydrogen) atoms. The first-order valence-corrected chi connectivity index (χ1v) is 8.44. The van der Waals surface area contributed by atoms with Crippen LogP contribution in [-0.4, -0.2) is 71.2 Å². The molecule has 0 aromatic carbocycles. The van der Waals surface area contributed by atoms with Crippen LogP contribution in [0.3, 0.4) is 0 Å². The number of ether oxygens (including phenoxy) is 1. The highest BCUT2D eigenvalue weighted by Crippen LogP contribution is 2.39. The molecule has 1 N–H and O–H groups in total. The van der Waals surface area contributed by atoms with Gasteiger partial charge in [0.05, 0.1) is 19.3 Å². The molecule has 4 atom stereocenters. The summed E-state index contributed by atoms with van der Waals surface area (Å²) in [4.78, 5) is 27.9. The van der Waals surface area contributed by atoms with Crippen LogP contribution in [0.15, 0.2) is 0 Å². The van der Waals surface area contributed by atoms with Gasteiger partial charge < -0.3 is 14.7 Å². The molecule has 0 spiro atoms. The molecule has 3 rings (SSSR count). The molecule has 0 bridgehead atoms. The number of carboxylic acid groups (broad SMARTS) is 1. The molecule has 2 heterocycles. The van der Waals surface area contributed by atoms with Crippen LogP contribution in [-0.2, 0) is 14.3 Å². The second-order valence-corrected chi connectivity index (χ2v) is 6.90. The number of carbonyl (C=O) groups is 2. The van der Waals surface area contributed by atoms with Gasteiger partial charge in [0.2, 0.25) is 5.91 Å². The van der Waals surface area contributed by atoms with Gasteiger partial charge in [0.1, 0.15) is 6.04 Å². The van der Waals surface area contributed by atoms with Crippen molar-refractivity contribution in [3.8, 4) is 0 Å². The number of carboxylic acids is 1. The average molecular weight is 347 g/mol. The number of hydrogen-bond acceptors (Lipinski definition) is 4. The van der Waals surface area contributed by atoms with E-state index in [2.05, 4.69) is 0 Å². The monoisotopic (exact) mass is 346 g/mol. The fourth-order valence-corrected chi connectivity index (χ4v) is 4.32. The molecule has 2 saturated heterocycles. The lowest BCUT2D eigenvalue weighted by molar-refractivity contribution is -0.146. The molecule has 1 saturated carbocycles. The maximum absolute atomic E-state index is 12.6. The quantitative estimate of drug-likeness (QED) is 0.836. The van der Waals surface area contributed by atoms with Crippen molar-refractivity contribution < 1.29 is 19.4 Å². The first-order valence-electron chi connectivity index (χ1n) is 8.44. The Labute approximate surface area is 143 Å². The Hall–Kier alpha value is -0.850. The number of halogens is 1. The Kier molecular flexibility index (Phi) is 6.28. The molecule has 2 aliphatic heterocycles. The lowest BCUT2D eigenvalue weighted by Crippen LogP contribution is -2.52. The van der Waals surface area contributed by atoms with E-state index in [1.165, 1.54) is 6.42 Å². The molecule has 1 amide bonds. The summed E-state index contributed by atoms with van der Waals surface area (Å²) in [5.74, 6) is -0.281. The minimum absolute atomic E-state index is 0. The first kappa shape index (κ1) is 18.5. The van der Waals surface area contributed by atoms with Gasteiger partial charge in [-0.2, -0.15) is 0 Å². The summed E-state index contributed by atoms with van der Waals surface area (Å²) in [5.41, 5.74) is 0. The van der Waals surface area contributed by atoms with E-state index in [0.29, 0.717) is 32.0 Å². The van der Waals surface area contributed by atoms with E-state index in [4.69, 9.17) is 4.74 Å². The van der Waals surface area contributed by atoms with Gasteiger partial charge in [0.15, 0.2) is 0 Å². The second kappa shape index (κ2) is 7.81. The minimum atomic E-state index is -0.780. The minimum Gasteiger partial charge on any atom is -0.480 e. The van der Waals surface area contributed by atoms with Gasteiger partial charge in [-0.25, -0.2) is 0 Å². The van der Waals surface area contributed by atoms with Crippen molar-refractivity contribution in [3.63, 3.8) is 0 Å². The topological polar surface area (TPSA) is 70.1 Å². The third kappa shape index (κ3) is 3.98. The van der Waals surface area contributed by atoms with Crippen LogP contribution >= 0.6 is 12.4 Å². The molecule has 3 aliphatic rings. The lowest BCUT2D eigenvalue weighted by atomic mass is 9.85. The number of likely N-dealkylation sites (tertiary alicyclic amines) is 1. The molecule has 132 valence electrons. The second-order valence-electron chi connectivity index (χ2n) is 6.90. The van der Waals surface area contributed by atoms with Crippen LogP contribution in [0.25, 0.3) is 0 Å². The molecule has 3 fully saturated rings. The standard InChI is InChI=1S/C16H26N2O4.ClH/c1-11-9-17(6-7-22-11)15(19)10-18-13-5-3-2-4-12(13)8-14(18)16(20)21;/h11-14H,2-10H2,1H3,(H,20,21);1H. The number of amides is 1. The zero-order chi connectivity index (χ0) is 15.7. The van der Waals surface area contributed by atoms with Crippen molar-refractivity contribution >= 4 is 24.3 Å². The molecule has 0 aromatic rings. The van der Waals surface area contributed by atoms with Gasteiger partial charge in [0, 0.05) is 19.1 Å². The fourth-order valence-electron chi connectivity index (χ4n) is 4.32. The average Bonchev–Trinajstić information content (AvgIpc) is 2.86. The number of rotatable bonds is 3. The summed E-state index contributed by atoms with van der Waals surface area (Å²) in [6.07, 6.45) is 5.24. The van der Waals surface area contributed by atoms with E-state index in [0.717, 1.165) is 19.3 Å². The zero-order valence-electron chi connectivity index (χ0n) is 13.6. The zero-order valence-corrected chi connectivity index (χ0v) is 14.5. The largest absolute Gasteiger partial charge is 0.480 e. The predicted octanol–water partition coefficient (Wildman–Crippen LogP) is 1.37. The summed E-state index contributed by atoms with van der Waals surface area (Å²) in [6, 6.07) is -0.215. The highest BCUT2D eigenvalue weighted by molar-refractivity contribution is 5.85. The van der Waals surface area contributed by atoms with Crippen LogP contribution in [0.4, 0.5) is 0 Å². The Bertz CT molecular complexity index is 448.